The highest BCUT2D eigenvalue weighted by molar-refractivity contribution is 8.00. The fourth-order valence-electron chi connectivity index (χ4n) is 3.50. The molecule has 1 aromatic heterocycles. The molecule has 25 heavy (non-hydrogen) atoms. The number of carbonyl (C=O) groups is 1. The van der Waals surface area contributed by atoms with Crippen LogP contribution in [0.2, 0.25) is 0 Å². The van der Waals surface area contributed by atoms with Gasteiger partial charge in [-0.3, -0.25) is 4.79 Å². The molecule has 0 aliphatic carbocycles. The first-order valence-corrected chi connectivity index (χ1v) is 9.71. The van der Waals surface area contributed by atoms with Gasteiger partial charge in [-0.2, -0.15) is 0 Å². The van der Waals surface area contributed by atoms with E-state index in [0.29, 0.717) is 11.8 Å². The van der Waals surface area contributed by atoms with Gasteiger partial charge in [0.15, 0.2) is 0 Å². The third kappa shape index (κ3) is 3.31. The molecule has 4 rings (SSSR count). The number of benzene rings is 2. The molecule has 1 atom stereocenters. The number of nitrogens with one attached hydrogen (secondary N) is 1. The summed E-state index contributed by atoms with van der Waals surface area (Å²) in [5, 5.41) is 4.74. The molecule has 0 spiro atoms. The maximum absolute atomic E-state index is 12.7. The third-order valence-electron chi connectivity index (χ3n) is 4.65. The highest BCUT2D eigenvalue weighted by atomic mass is 32.2. The van der Waals surface area contributed by atoms with Crippen LogP contribution >= 0.6 is 11.8 Å². The number of hydrogen-bond donors (Lipinski definition) is 1. The molecule has 0 bridgehead atoms. The molecule has 0 saturated carbocycles. The number of para-hydroxylation sites is 1. The Morgan fingerprint density at radius 2 is 2.04 bits per heavy atom. The van der Waals surface area contributed by atoms with Crippen molar-refractivity contribution in [1.82, 2.24) is 9.88 Å². The molecule has 1 aliphatic heterocycles. The largest absolute Gasteiger partial charge is 0.351 e. The van der Waals surface area contributed by atoms with Crippen molar-refractivity contribution in [3.05, 3.63) is 65.9 Å². The lowest BCUT2D eigenvalue weighted by Crippen LogP contribution is -2.28. The Morgan fingerprint density at radius 3 is 2.88 bits per heavy atom. The molecule has 0 saturated heterocycles. The molecule has 2 heterocycles. The SMILES string of the molecule is CC1Cn2c(C(=O)NCCCc3ccccc3)cc3cccc(c32)S1. The monoisotopic (exact) mass is 350 g/mol. The van der Waals surface area contributed by atoms with Gasteiger partial charge in [0, 0.05) is 28.6 Å². The number of carbonyl (C=O) groups excluding carboxylic acids is 1. The summed E-state index contributed by atoms with van der Waals surface area (Å²) in [5.41, 5.74) is 3.31. The van der Waals surface area contributed by atoms with E-state index in [-0.39, 0.29) is 5.91 Å². The van der Waals surface area contributed by atoms with Crippen LogP contribution in [0.4, 0.5) is 0 Å². The van der Waals surface area contributed by atoms with E-state index >= 15 is 0 Å². The van der Waals surface area contributed by atoms with Gasteiger partial charge in [0.25, 0.3) is 5.91 Å². The van der Waals surface area contributed by atoms with E-state index in [1.54, 1.807) is 0 Å². The van der Waals surface area contributed by atoms with Gasteiger partial charge in [-0.15, -0.1) is 11.8 Å². The predicted octanol–water partition coefficient (Wildman–Crippen LogP) is 4.50. The second-order valence-electron chi connectivity index (χ2n) is 6.61. The van der Waals surface area contributed by atoms with Gasteiger partial charge in [-0.25, -0.2) is 0 Å². The number of rotatable bonds is 5. The van der Waals surface area contributed by atoms with Gasteiger partial charge in [-0.05, 0) is 30.5 Å². The van der Waals surface area contributed by atoms with E-state index in [4.69, 9.17) is 0 Å². The predicted molar refractivity (Wildman–Crippen MR) is 104 cm³/mol. The van der Waals surface area contributed by atoms with Crippen molar-refractivity contribution < 1.29 is 4.79 Å². The van der Waals surface area contributed by atoms with Crippen molar-refractivity contribution in [2.45, 2.75) is 36.5 Å². The zero-order chi connectivity index (χ0) is 17.2. The molecule has 1 unspecified atom stereocenters. The first-order chi connectivity index (χ1) is 12.2. The topological polar surface area (TPSA) is 34.0 Å². The molecule has 1 aliphatic rings. The van der Waals surface area contributed by atoms with Crippen LogP contribution in [0.5, 0.6) is 0 Å². The summed E-state index contributed by atoms with van der Waals surface area (Å²) in [6.45, 7) is 3.80. The normalized spacial score (nSPS) is 16.1. The first-order valence-electron chi connectivity index (χ1n) is 8.83. The fraction of sp³-hybridized carbons (Fsp3) is 0.286. The van der Waals surface area contributed by atoms with Crippen LogP contribution in [0.15, 0.2) is 59.5 Å². The lowest BCUT2D eigenvalue weighted by atomic mass is 10.1. The highest BCUT2D eigenvalue weighted by Crippen LogP contribution is 2.38. The van der Waals surface area contributed by atoms with Crippen LogP contribution in [0.3, 0.4) is 0 Å². The molecule has 3 aromatic rings. The summed E-state index contributed by atoms with van der Waals surface area (Å²) in [4.78, 5) is 14.0. The Morgan fingerprint density at radius 1 is 1.20 bits per heavy atom. The zero-order valence-electron chi connectivity index (χ0n) is 14.4. The zero-order valence-corrected chi connectivity index (χ0v) is 15.2. The van der Waals surface area contributed by atoms with E-state index in [1.165, 1.54) is 16.0 Å². The molecule has 0 fully saturated rings. The van der Waals surface area contributed by atoms with Crippen LogP contribution < -0.4 is 5.32 Å². The fourth-order valence-corrected chi connectivity index (χ4v) is 4.66. The molecule has 1 amide bonds. The Labute approximate surface area is 152 Å². The van der Waals surface area contributed by atoms with Gasteiger partial charge in [0.2, 0.25) is 0 Å². The van der Waals surface area contributed by atoms with Crippen molar-refractivity contribution in [3.8, 4) is 0 Å². The summed E-state index contributed by atoms with van der Waals surface area (Å²) < 4.78 is 2.19. The van der Waals surface area contributed by atoms with Gasteiger partial charge in [0.05, 0.1) is 5.52 Å². The summed E-state index contributed by atoms with van der Waals surface area (Å²) in [6, 6.07) is 18.8. The Balaban J connectivity index is 1.46. The van der Waals surface area contributed by atoms with E-state index in [1.807, 2.05) is 23.9 Å². The standard InChI is InChI=1S/C21H22N2OS/c1-15-14-23-18(13-17-10-5-11-19(25-15)20(17)23)21(24)22-12-6-9-16-7-3-2-4-8-16/h2-5,7-8,10-11,13,15H,6,9,12,14H2,1H3,(H,22,24). The van der Waals surface area contributed by atoms with Crippen molar-refractivity contribution >= 4 is 28.6 Å². The van der Waals surface area contributed by atoms with Crippen LogP contribution in [0.25, 0.3) is 10.9 Å². The molecule has 2 aromatic carbocycles. The highest BCUT2D eigenvalue weighted by Gasteiger charge is 2.23. The van der Waals surface area contributed by atoms with Crippen molar-refractivity contribution in [1.29, 1.82) is 0 Å². The second-order valence-corrected chi connectivity index (χ2v) is 8.09. The van der Waals surface area contributed by atoms with Crippen LogP contribution in [0.1, 0.15) is 29.4 Å². The Hall–Kier alpha value is -2.20. The minimum absolute atomic E-state index is 0.0364. The van der Waals surface area contributed by atoms with Crippen molar-refractivity contribution in [2.75, 3.05) is 6.54 Å². The van der Waals surface area contributed by atoms with Gasteiger partial charge in [-0.1, -0.05) is 49.4 Å². The number of aromatic nitrogens is 1. The molecular weight excluding hydrogens is 328 g/mol. The van der Waals surface area contributed by atoms with Gasteiger partial charge < -0.3 is 9.88 Å². The minimum Gasteiger partial charge on any atom is -0.351 e. The number of hydrogen-bond acceptors (Lipinski definition) is 2. The number of amides is 1. The van der Waals surface area contributed by atoms with E-state index in [2.05, 4.69) is 59.3 Å². The molecule has 0 radical (unpaired) electrons. The van der Waals surface area contributed by atoms with E-state index in [0.717, 1.165) is 30.5 Å². The lowest BCUT2D eigenvalue weighted by molar-refractivity contribution is 0.0944. The van der Waals surface area contributed by atoms with Gasteiger partial charge in [0.1, 0.15) is 5.69 Å². The second kappa shape index (κ2) is 6.96. The van der Waals surface area contributed by atoms with Gasteiger partial charge >= 0.3 is 0 Å². The summed E-state index contributed by atoms with van der Waals surface area (Å²) in [6.07, 6.45) is 1.94. The number of nitrogens with zero attached hydrogens (tertiary/aromatic N) is 1. The van der Waals surface area contributed by atoms with Crippen LogP contribution in [-0.2, 0) is 13.0 Å². The molecule has 4 heteroatoms. The van der Waals surface area contributed by atoms with E-state index < -0.39 is 0 Å². The van der Waals surface area contributed by atoms with Crippen molar-refractivity contribution in [2.24, 2.45) is 0 Å². The molecular formula is C21H22N2OS. The Kier molecular flexibility index (Phi) is 4.53. The summed E-state index contributed by atoms with van der Waals surface area (Å²) in [5.74, 6) is 0.0364. The smallest absolute Gasteiger partial charge is 0.267 e. The maximum atomic E-state index is 12.7. The summed E-state index contributed by atoms with van der Waals surface area (Å²) >= 11 is 1.90. The van der Waals surface area contributed by atoms with Crippen LogP contribution in [-0.4, -0.2) is 22.3 Å². The average molecular weight is 350 g/mol. The first kappa shape index (κ1) is 16.3. The number of thioether (sulfide) groups is 1. The minimum atomic E-state index is 0.0364. The quantitative estimate of drug-likeness (QED) is 0.688. The molecule has 1 N–H and O–H groups in total. The Bertz CT molecular complexity index is 901. The number of aryl methyl sites for hydroxylation is 1. The molecule has 128 valence electrons. The lowest BCUT2D eigenvalue weighted by Gasteiger charge is -2.22. The van der Waals surface area contributed by atoms with E-state index in [9.17, 15) is 4.79 Å². The summed E-state index contributed by atoms with van der Waals surface area (Å²) in [7, 11) is 0. The van der Waals surface area contributed by atoms with Crippen LogP contribution in [0, 0.1) is 0 Å². The molecule has 3 nitrogen and oxygen atoms in total. The van der Waals surface area contributed by atoms with Crippen molar-refractivity contribution in [3.63, 3.8) is 0 Å². The average Bonchev–Trinajstić information content (AvgIpc) is 2.99. The third-order valence-corrected chi connectivity index (χ3v) is 5.79. The maximum Gasteiger partial charge on any atom is 0.267 e.